The number of halogens is 1. The number of aromatic nitrogens is 3. The van der Waals surface area contributed by atoms with Gasteiger partial charge in [0.1, 0.15) is 5.82 Å². The summed E-state index contributed by atoms with van der Waals surface area (Å²) >= 11 is 7.03. The first kappa shape index (κ1) is 19.4. The Morgan fingerprint density at radius 1 is 1.30 bits per heavy atom. The SMILES string of the molecule is CC[C@H](C)n1c(SCC(=O)Nc2ccc(Cl)cn2)nc2ccccc2c1=O. The highest BCUT2D eigenvalue weighted by Gasteiger charge is 2.16. The summed E-state index contributed by atoms with van der Waals surface area (Å²) in [7, 11) is 0. The van der Waals surface area contributed by atoms with Crippen molar-refractivity contribution in [1.82, 2.24) is 14.5 Å². The van der Waals surface area contributed by atoms with Crippen molar-refractivity contribution in [2.75, 3.05) is 11.1 Å². The number of fused-ring (bicyclic) bond motifs is 1. The van der Waals surface area contributed by atoms with Crippen LogP contribution in [-0.4, -0.2) is 26.2 Å². The molecule has 0 aliphatic carbocycles. The summed E-state index contributed by atoms with van der Waals surface area (Å²) in [5.74, 6) is 0.314. The van der Waals surface area contributed by atoms with Crippen molar-refractivity contribution < 1.29 is 4.79 Å². The number of nitrogens with zero attached hydrogens (tertiary/aromatic N) is 3. The van der Waals surface area contributed by atoms with Crippen LogP contribution in [0.5, 0.6) is 0 Å². The lowest BCUT2D eigenvalue weighted by atomic mass is 10.2. The molecule has 1 N–H and O–H groups in total. The Bertz CT molecular complexity index is 1020. The monoisotopic (exact) mass is 402 g/mol. The summed E-state index contributed by atoms with van der Waals surface area (Å²) in [4.78, 5) is 33.8. The van der Waals surface area contributed by atoms with Crippen LogP contribution in [-0.2, 0) is 4.79 Å². The third kappa shape index (κ3) is 4.48. The molecular weight excluding hydrogens is 384 g/mol. The molecule has 3 rings (SSSR count). The minimum Gasteiger partial charge on any atom is -0.310 e. The molecule has 0 aliphatic heterocycles. The van der Waals surface area contributed by atoms with Crippen molar-refractivity contribution >= 4 is 46.0 Å². The molecule has 3 aromatic rings. The van der Waals surface area contributed by atoms with E-state index in [-0.39, 0.29) is 23.3 Å². The maximum Gasteiger partial charge on any atom is 0.262 e. The number of carbonyl (C=O) groups excluding carboxylic acids is 1. The molecule has 0 fully saturated rings. The number of para-hydroxylation sites is 1. The zero-order valence-electron chi connectivity index (χ0n) is 15.0. The van der Waals surface area contributed by atoms with Crippen molar-refractivity contribution in [3.8, 4) is 0 Å². The van der Waals surface area contributed by atoms with Crippen molar-refractivity contribution in [3.63, 3.8) is 0 Å². The summed E-state index contributed by atoms with van der Waals surface area (Å²) < 4.78 is 1.67. The van der Waals surface area contributed by atoms with E-state index in [1.54, 1.807) is 28.8 Å². The van der Waals surface area contributed by atoms with E-state index in [2.05, 4.69) is 15.3 Å². The normalized spacial score (nSPS) is 12.1. The van der Waals surface area contributed by atoms with Crippen molar-refractivity contribution in [2.45, 2.75) is 31.5 Å². The Hall–Kier alpha value is -2.38. The first-order valence-electron chi connectivity index (χ1n) is 8.55. The van der Waals surface area contributed by atoms with Crippen LogP contribution in [0.15, 0.2) is 52.5 Å². The standard InChI is InChI=1S/C19H19ClN4O2S/c1-3-12(2)24-18(26)14-6-4-5-7-15(14)22-19(24)27-11-17(25)23-16-9-8-13(20)10-21-16/h4-10,12H,3,11H2,1-2H3,(H,21,23,25)/t12-/m0/s1. The molecule has 140 valence electrons. The number of pyridine rings is 1. The number of benzene rings is 1. The molecule has 0 radical (unpaired) electrons. The fourth-order valence-corrected chi connectivity index (χ4v) is 3.57. The molecule has 0 saturated carbocycles. The number of hydrogen-bond acceptors (Lipinski definition) is 5. The quantitative estimate of drug-likeness (QED) is 0.495. The number of carbonyl (C=O) groups is 1. The predicted octanol–water partition coefficient (Wildman–Crippen LogP) is 4.15. The van der Waals surface area contributed by atoms with E-state index in [9.17, 15) is 9.59 Å². The number of hydrogen-bond donors (Lipinski definition) is 1. The fourth-order valence-electron chi connectivity index (χ4n) is 2.56. The number of thioether (sulfide) groups is 1. The van der Waals surface area contributed by atoms with E-state index < -0.39 is 0 Å². The summed E-state index contributed by atoms with van der Waals surface area (Å²) in [5, 5.41) is 4.32. The molecule has 8 heteroatoms. The molecule has 27 heavy (non-hydrogen) atoms. The largest absolute Gasteiger partial charge is 0.310 e. The van der Waals surface area contributed by atoms with Crippen LogP contribution in [0.4, 0.5) is 5.82 Å². The molecule has 0 unspecified atom stereocenters. The lowest BCUT2D eigenvalue weighted by Crippen LogP contribution is -2.26. The molecule has 1 aromatic carbocycles. The van der Waals surface area contributed by atoms with Gasteiger partial charge in [0, 0.05) is 12.2 Å². The van der Waals surface area contributed by atoms with Crippen LogP contribution < -0.4 is 10.9 Å². The van der Waals surface area contributed by atoms with E-state index >= 15 is 0 Å². The van der Waals surface area contributed by atoms with Crippen molar-refractivity contribution in [3.05, 3.63) is 58.0 Å². The molecular formula is C19H19ClN4O2S. The Kier molecular flexibility index (Phi) is 6.13. The second-order valence-corrected chi connectivity index (χ2v) is 7.42. The lowest BCUT2D eigenvalue weighted by Gasteiger charge is -2.18. The van der Waals surface area contributed by atoms with Crippen LogP contribution in [0.2, 0.25) is 5.02 Å². The average Bonchev–Trinajstić information content (AvgIpc) is 2.68. The van der Waals surface area contributed by atoms with Crippen LogP contribution >= 0.6 is 23.4 Å². The van der Waals surface area contributed by atoms with E-state index in [4.69, 9.17) is 11.6 Å². The smallest absolute Gasteiger partial charge is 0.262 e. The van der Waals surface area contributed by atoms with Gasteiger partial charge in [0.2, 0.25) is 5.91 Å². The Balaban J connectivity index is 1.84. The number of nitrogens with one attached hydrogen (secondary N) is 1. The Morgan fingerprint density at radius 3 is 2.78 bits per heavy atom. The van der Waals surface area contributed by atoms with Gasteiger partial charge in [-0.2, -0.15) is 0 Å². The van der Waals surface area contributed by atoms with Gasteiger partial charge in [-0.25, -0.2) is 9.97 Å². The van der Waals surface area contributed by atoms with Crippen LogP contribution in [0, 0.1) is 0 Å². The summed E-state index contributed by atoms with van der Waals surface area (Å²) in [6, 6.07) is 10.5. The molecule has 0 spiro atoms. The highest BCUT2D eigenvalue weighted by Crippen LogP contribution is 2.22. The number of rotatable bonds is 6. The summed E-state index contributed by atoms with van der Waals surface area (Å²) in [6.07, 6.45) is 2.25. The molecule has 1 atom stereocenters. The molecule has 0 aliphatic rings. The average molecular weight is 403 g/mol. The predicted molar refractivity (Wildman–Crippen MR) is 110 cm³/mol. The Labute approximate surface area is 166 Å². The summed E-state index contributed by atoms with van der Waals surface area (Å²) in [5.41, 5.74) is 0.543. The van der Waals surface area contributed by atoms with Gasteiger partial charge in [-0.05, 0) is 37.6 Å². The maximum absolute atomic E-state index is 12.9. The van der Waals surface area contributed by atoms with Crippen LogP contribution in [0.3, 0.4) is 0 Å². The molecule has 1 amide bonds. The number of anilines is 1. The van der Waals surface area contributed by atoms with Gasteiger partial charge >= 0.3 is 0 Å². The first-order valence-corrected chi connectivity index (χ1v) is 9.91. The van der Waals surface area contributed by atoms with Gasteiger partial charge < -0.3 is 5.32 Å². The summed E-state index contributed by atoms with van der Waals surface area (Å²) in [6.45, 7) is 3.99. The Morgan fingerprint density at radius 2 is 2.07 bits per heavy atom. The van der Waals surface area contributed by atoms with Crippen molar-refractivity contribution in [1.29, 1.82) is 0 Å². The van der Waals surface area contributed by atoms with Gasteiger partial charge in [-0.1, -0.05) is 42.4 Å². The van der Waals surface area contributed by atoms with Crippen LogP contribution in [0.1, 0.15) is 26.3 Å². The topological polar surface area (TPSA) is 76.9 Å². The van der Waals surface area contributed by atoms with Gasteiger partial charge in [0.15, 0.2) is 5.16 Å². The van der Waals surface area contributed by atoms with Gasteiger partial charge in [-0.3, -0.25) is 14.2 Å². The molecule has 6 nitrogen and oxygen atoms in total. The third-order valence-electron chi connectivity index (χ3n) is 4.13. The zero-order chi connectivity index (χ0) is 19.4. The minimum atomic E-state index is -0.229. The van der Waals surface area contributed by atoms with E-state index in [1.807, 2.05) is 26.0 Å². The third-order valence-corrected chi connectivity index (χ3v) is 5.31. The first-order chi connectivity index (χ1) is 13.0. The van der Waals surface area contributed by atoms with Gasteiger partial charge in [0.25, 0.3) is 5.56 Å². The second kappa shape index (κ2) is 8.54. The second-order valence-electron chi connectivity index (χ2n) is 6.04. The molecule has 2 heterocycles. The van der Waals surface area contributed by atoms with Gasteiger partial charge in [0.05, 0.1) is 21.7 Å². The van der Waals surface area contributed by atoms with E-state index in [0.717, 1.165) is 6.42 Å². The van der Waals surface area contributed by atoms with E-state index in [1.165, 1.54) is 18.0 Å². The highest BCUT2D eigenvalue weighted by molar-refractivity contribution is 7.99. The molecule has 2 aromatic heterocycles. The fraction of sp³-hybridized carbons (Fsp3) is 0.263. The zero-order valence-corrected chi connectivity index (χ0v) is 16.5. The van der Waals surface area contributed by atoms with Crippen LogP contribution in [0.25, 0.3) is 10.9 Å². The maximum atomic E-state index is 12.9. The number of amides is 1. The molecule has 0 bridgehead atoms. The lowest BCUT2D eigenvalue weighted by molar-refractivity contribution is -0.113. The molecule has 0 saturated heterocycles. The minimum absolute atomic E-state index is 0.0156. The van der Waals surface area contributed by atoms with E-state index in [0.29, 0.717) is 26.9 Å². The van der Waals surface area contributed by atoms with Gasteiger partial charge in [-0.15, -0.1) is 0 Å². The highest BCUT2D eigenvalue weighted by atomic mass is 35.5. The van der Waals surface area contributed by atoms with Crippen molar-refractivity contribution in [2.24, 2.45) is 0 Å².